The fraction of sp³-hybridized carbons (Fsp3) is 0.500. The van der Waals surface area contributed by atoms with Gasteiger partial charge in [-0.05, 0) is 36.1 Å². The monoisotopic (exact) mass is 295 g/mol. The van der Waals surface area contributed by atoms with Gasteiger partial charge in [0.1, 0.15) is 0 Å². The SMILES string of the molecule is CN=C(NCCCSC)NCc1ccc2c(c1)OCO2. The first-order valence-electron chi connectivity index (χ1n) is 6.65. The van der Waals surface area contributed by atoms with Crippen LogP contribution in [0.2, 0.25) is 0 Å². The van der Waals surface area contributed by atoms with Crippen molar-refractivity contribution < 1.29 is 9.47 Å². The molecule has 0 bridgehead atoms. The first kappa shape index (κ1) is 14.8. The van der Waals surface area contributed by atoms with Gasteiger partial charge in [0.2, 0.25) is 6.79 Å². The van der Waals surface area contributed by atoms with Gasteiger partial charge in [-0.2, -0.15) is 11.8 Å². The molecule has 5 nitrogen and oxygen atoms in total. The van der Waals surface area contributed by atoms with Crippen LogP contribution in [-0.2, 0) is 6.54 Å². The molecule has 0 saturated heterocycles. The van der Waals surface area contributed by atoms with Crippen LogP contribution in [0.15, 0.2) is 23.2 Å². The number of nitrogens with zero attached hydrogens (tertiary/aromatic N) is 1. The van der Waals surface area contributed by atoms with Crippen molar-refractivity contribution in [2.24, 2.45) is 4.99 Å². The molecule has 110 valence electrons. The lowest BCUT2D eigenvalue weighted by Gasteiger charge is -2.12. The maximum absolute atomic E-state index is 5.37. The lowest BCUT2D eigenvalue weighted by atomic mass is 10.2. The number of thioether (sulfide) groups is 1. The Hall–Kier alpha value is -1.56. The van der Waals surface area contributed by atoms with Crippen molar-refractivity contribution in [2.45, 2.75) is 13.0 Å². The van der Waals surface area contributed by atoms with E-state index in [0.29, 0.717) is 13.3 Å². The van der Waals surface area contributed by atoms with E-state index in [1.807, 2.05) is 30.0 Å². The summed E-state index contributed by atoms with van der Waals surface area (Å²) in [5, 5.41) is 6.59. The summed E-state index contributed by atoms with van der Waals surface area (Å²) in [6.45, 7) is 1.95. The van der Waals surface area contributed by atoms with Crippen LogP contribution in [0, 0.1) is 0 Å². The zero-order valence-electron chi connectivity index (χ0n) is 11.9. The van der Waals surface area contributed by atoms with Crippen LogP contribution in [0.4, 0.5) is 0 Å². The van der Waals surface area contributed by atoms with Gasteiger partial charge < -0.3 is 20.1 Å². The maximum atomic E-state index is 5.37. The third kappa shape index (κ3) is 4.23. The molecule has 0 spiro atoms. The van der Waals surface area contributed by atoms with Crippen LogP contribution in [0.1, 0.15) is 12.0 Å². The first-order valence-corrected chi connectivity index (χ1v) is 8.05. The van der Waals surface area contributed by atoms with Crippen molar-refractivity contribution in [1.82, 2.24) is 10.6 Å². The third-order valence-corrected chi connectivity index (χ3v) is 3.64. The lowest BCUT2D eigenvalue weighted by Crippen LogP contribution is -2.37. The Morgan fingerprint density at radius 3 is 2.95 bits per heavy atom. The van der Waals surface area contributed by atoms with Gasteiger partial charge in [-0.3, -0.25) is 4.99 Å². The number of aliphatic imine (C=N–C) groups is 1. The van der Waals surface area contributed by atoms with E-state index in [2.05, 4.69) is 21.9 Å². The molecule has 1 aromatic rings. The van der Waals surface area contributed by atoms with E-state index in [1.54, 1.807) is 7.05 Å². The largest absolute Gasteiger partial charge is 0.454 e. The molecular weight excluding hydrogens is 274 g/mol. The fourth-order valence-electron chi connectivity index (χ4n) is 1.88. The highest BCUT2D eigenvalue weighted by atomic mass is 32.2. The van der Waals surface area contributed by atoms with Crippen molar-refractivity contribution in [1.29, 1.82) is 0 Å². The molecule has 0 fully saturated rings. The summed E-state index contributed by atoms with van der Waals surface area (Å²) in [5.41, 5.74) is 1.14. The molecule has 1 aliphatic rings. The van der Waals surface area contributed by atoms with Crippen molar-refractivity contribution >= 4 is 17.7 Å². The van der Waals surface area contributed by atoms with E-state index in [1.165, 1.54) is 0 Å². The molecule has 0 unspecified atom stereocenters. The van der Waals surface area contributed by atoms with Gasteiger partial charge in [-0.15, -0.1) is 0 Å². The molecule has 1 heterocycles. The summed E-state index contributed by atoms with van der Waals surface area (Å²) in [4.78, 5) is 4.20. The van der Waals surface area contributed by atoms with Gasteiger partial charge in [0, 0.05) is 20.1 Å². The van der Waals surface area contributed by atoms with Gasteiger partial charge in [-0.1, -0.05) is 6.07 Å². The number of rotatable bonds is 6. The summed E-state index contributed by atoms with van der Waals surface area (Å²) < 4.78 is 10.7. The smallest absolute Gasteiger partial charge is 0.231 e. The average Bonchev–Trinajstić information content (AvgIpc) is 2.94. The van der Waals surface area contributed by atoms with Crippen molar-refractivity contribution in [3.63, 3.8) is 0 Å². The Balaban J connectivity index is 1.78. The predicted octanol–water partition coefficient (Wildman–Crippen LogP) is 1.83. The van der Waals surface area contributed by atoms with Crippen LogP contribution in [0.25, 0.3) is 0 Å². The molecule has 1 aromatic carbocycles. The van der Waals surface area contributed by atoms with Gasteiger partial charge in [-0.25, -0.2) is 0 Å². The highest BCUT2D eigenvalue weighted by Crippen LogP contribution is 2.32. The van der Waals surface area contributed by atoms with Crippen molar-refractivity contribution in [3.8, 4) is 11.5 Å². The van der Waals surface area contributed by atoms with Gasteiger partial charge >= 0.3 is 0 Å². The molecule has 0 radical (unpaired) electrons. The summed E-state index contributed by atoms with van der Waals surface area (Å²) in [6, 6.07) is 5.96. The average molecular weight is 295 g/mol. The second-order valence-electron chi connectivity index (χ2n) is 4.39. The minimum Gasteiger partial charge on any atom is -0.454 e. The number of benzene rings is 1. The van der Waals surface area contributed by atoms with Crippen LogP contribution in [0.3, 0.4) is 0 Å². The molecule has 6 heteroatoms. The lowest BCUT2D eigenvalue weighted by molar-refractivity contribution is 0.174. The highest BCUT2D eigenvalue weighted by molar-refractivity contribution is 7.98. The molecule has 0 amide bonds. The molecule has 0 aliphatic carbocycles. The summed E-state index contributed by atoms with van der Waals surface area (Å²) in [7, 11) is 1.78. The summed E-state index contributed by atoms with van der Waals surface area (Å²) in [6.07, 6.45) is 3.25. The van der Waals surface area contributed by atoms with E-state index in [4.69, 9.17) is 9.47 Å². The second kappa shape index (κ2) is 7.89. The third-order valence-electron chi connectivity index (χ3n) is 2.94. The molecular formula is C14H21N3O2S. The van der Waals surface area contributed by atoms with Gasteiger partial charge in [0.25, 0.3) is 0 Å². The zero-order chi connectivity index (χ0) is 14.2. The molecule has 2 rings (SSSR count). The fourth-order valence-corrected chi connectivity index (χ4v) is 2.31. The first-order chi connectivity index (χ1) is 9.83. The van der Waals surface area contributed by atoms with Gasteiger partial charge in [0.05, 0.1) is 0 Å². The van der Waals surface area contributed by atoms with Crippen molar-refractivity contribution in [3.05, 3.63) is 23.8 Å². The zero-order valence-corrected chi connectivity index (χ0v) is 12.8. The van der Waals surface area contributed by atoms with E-state index in [0.717, 1.165) is 41.7 Å². The summed E-state index contributed by atoms with van der Waals surface area (Å²) in [5.74, 6) is 3.61. The molecule has 0 atom stereocenters. The molecule has 0 saturated carbocycles. The van der Waals surface area contributed by atoms with Crippen LogP contribution in [-0.4, -0.2) is 38.4 Å². The number of hydrogen-bond acceptors (Lipinski definition) is 4. The van der Waals surface area contributed by atoms with E-state index < -0.39 is 0 Å². The Labute approximate surface area is 124 Å². The van der Waals surface area contributed by atoms with Gasteiger partial charge in [0.15, 0.2) is 17.5 Å². The number of guanidine groups is 1. The van der Waals surface area contributed by atoms with Crippen LogP contribution in [0.5, 0.6) is 11.5 Å². The van der Waals surface area contributed by atoms with E-state index in [-0.39, 0.29) is 0 Å². The molecule has 1 aliphatic heterocycles. The standard InChI is InChI=1S/C14H21N3O2S/c1-15-14(16-6-3-7-20-2)17-9-11-4-5-12-13(8-11)19-10-18-12/h4-5,8H,3,6-7,9-10H2,1-2H3,(H2,15,16,17). The topological polar surface area (TPSA) is 54.9 Å². The Morgan fingerprint density at radius 2 is 2.15 bits per heavy atom. The Morgan fingerprint density at radius 1 is 1.30 bits per heavy atom. The normalized spacial score (nSPS) is 13.4. The minimum atomic E-state index is 0.310. The predicted molar refractivity (Wildman–Crippen MR) is 83.8 cm³/mol. The Kier molecular flexibility index (Phi) is 5.86. The molecule has 2 N–H and O–H groups in total. The second-order valence-corrected chi connectivity index (χ2v) is 5.37. The maximum Gasteiger partial charge on any atom is 0.231 e. The number of ether oxygens (including phenoxy) is 2. The Bertz CT molecular complexity index is 466. The van der Waals surface area contributed by atoms with Crippen LogP contribution < -0.4 is 20.1 Å². The quantitative estimate of drug-likeness (QED) is 0.476. The highest BCUT2D eigenvalue weighted by Gasteiger charge is 2.13. The molecule has 20 heavy (non-hydrogen) atoms. The van der Waals surface area contributed by atoms with E-state index >= 15 is 0 Å². The number of hydrogen-bond donors (Lipinski definition) is 2. The summed E-state index contributed by atoms with van der Waals surface area (Å²) >= 11 is 1.86. The van der Waals surface area contributed by atoms with Crippen LogP contribution >= 0.6 is 11.8 Å². The number of fused-ring (bicyclic) bond motifs is 1. The molecule has 0 aromatic heterocycles. The number of nitrogens with one attached hydrogen (secondary N) is 2. The van der Waals surface area contributed by atoms with E-state index in [9.17, 15) is 0 Å². The minimum absolute atomic E-state index is 0.310. The van der Waals surface area contributed by atoms with Crippen molar-refractivity contribution in [2.75, 3.05) is 32.4 Å².